The fourth-order valence-corrected chi connectivity index (χ4v) is 3.55. The maximum absolute atomic E-state index is 12.3. The third-order valence-electron chi connectivity index (χ3n) is 3.91. The molecule has 22 heavy (non-hydrogen) atoms. The van der Waals surface area contributed by atoms with Gasteiger partial charge in [0, 0.05) is 19.3 Å². The molecule has 0 bridgehead atoms. The number of hydrogen-bond donors (Lipinski definition) is 1. The predicted octanol–water partition coefficient (Wildman–Crippen LogP) is 1.15. The zero-order chi connectivity index (χ0) is 15.5. The predicted molar refractivity (Wildman–Crippen MR) is 84.4 cm³/mol. The van der Waals surface area contributed by atoms with Crippen LogP contribution in [0.2, 0.25) is 0 Å². The molecule has 0 radical (unpaired) electrons. The highest BCUT2D eigenvalue weighted by Crippen LogP contribution is 2.21. The van der Waals surface area contributed by atoms with Gasteiger partial charge in [0.15, 0.2) is 5.16 Å². The van der Waals surface area contributed by atoms with E-state index in [0.717, 1.165) is 23.5 Å². The molecule has 2 amide bonds. The number of imidazole rings is 1. The second-order valence-corrected chi connectivity index (χ2v) is 6.35. The van der Waals surface area contributed by atoms with E-state index in [1.165, 1.54) is 11.8 Å². The summed E-state index contributed by atoms with van der Waals surface area (Å²) in [4.78, 5) is 29.7. The van der Waals surface area contributed by atoms with E-state index < -0.39 is 0 Å². The van der Waals surface area contributed by atoms with Crippen molar-refractivity contribution in [3.05, 3.63) is 30.6 Å². The molecule has 116 valence electrons. The summed E-state index contributed by atoms with van der Waals surface area (Å²) in [7, 11) is 0. The Balaban J connectivity index is 1.61. The summed E-state index contributed by atoms with van der Waals surface area (Å²) >= 11 is 1.41. The molecular weight excluding hydrogens is 300 g/mol. The van der Waals surface area contributed by atoms with Gasteiger partial charge in [0.05, 0.1) is 23.4 Å². The Kier molecular flexibility index (Phi) is 4.33. The highest BCUT2D eigenvalue weighted by Gasteiger charge is 2.26. The van der Waals surface area contributed by atoms with Gasteiger partial charge in [-0.15, -0.1) is 0 Å². The number of primary amides is 1. The number of piperidine rings is 1. The summed E-state index contributed by atoms with van der Waals surface area (Å²) in [6.45, 7) is 1.14. The standard InChI is InChI=1S/C15H18N4O2S/c16-14(21)11-4-3-6-18(9-11)13(20)10-22-15-17-8-12-5-1-2-7-19(12)15/h1-2,5,7-8,11H,3-4,6,9-10H2,(H2,16,21). The average Bonchev–Trinajstić information content (AvgIpc) is 2.96. The molecule has 1 aliphatic heterocycles. The number of nitrogens with zero attached hydrogens (tertiary/aromatic N) is 3. The van der Waals surface area contributed by atoms with E-state index in [0.29, 0.717) is 18.8 Å². The number of rotatable bonds is 4. The van der Waals surface area contributed by atoms with Crippen LogP contribution in [0.25, 0.3) is 5.52 Å². The molecule has 2 aromatic heterocycles. The van der Waals surface area contributed by atoms with Gasteiger partial charge in [-0.1, -0.05) is 17.8 Å². The van der Waals surface area contributed by atoms with Crippen molar-refractivity contribution in [2.24, 2.45) is 11.7 Å². The second kappa shape index (κ2) is 6.39. The molecule has 1 unspecified atom stereocenters. The van der Waals surface area contributed by atoms with E-state index in [2.05, 4.69) is 4.98 Å². The smallest absolute Gasteiger partial charge is 0.233 e. The van der Waals surface area contributed by atoms with Gasteiger partial charge in [-0.25, -0.2) is 4.98 Å². The van der Waals surface area contributed by atoms with Crippen LogP contribution in [0.15, 0.2) is 35.7 Å². The van der Waals surface area contributed by atoms with Gasteiger partial charge in [-0.05, 0) is 25.0 Å². The largest absolute Gasteiger partial charge is 0.369 e. The zero-order valence-corrected chi connectivity index (χ0v) is 13.0. The Morgan fingerprint density at radius 1 is 1.41 bits per heavy atom. The van der Waals surface area contributed by atoms with Crippen LogP contribution in [0.1, 0.15) is 12.8 Å². The Morgan fingerprint density at radius 2 is 2.27 bits per heavy atom. The maximum atomic E-state index is 12.3. The summed E-state index contributed by atoms with van der Waals surface area (Å²) in [5.74, 6) is -0.178. The molecule has 1 aliphatic rings. The first-order valence-electron chi connectivity index (χ1n) is 7.27. The Hall–Kier alpha value is -2.02. The number of thioether (sulfide) groups is 1. The fourth-order valence-electron chi connectivity index (χ4n) is 2.68. The van der Waals surface area contributed by atoms with Crippen molar-refractivity contribution in [2.75, 3.05) is 18.8 Å². The van der Waals surface area contributed by atoms with E-state index in [4.69, 9.17) is 5.73 Å². The molecule has 0 spiro atoms. The van der Waals surface area contributed by atoms with Crippen LogP contribution in [-0.4, -0.2) is 44.9 Å². The lowest BCUT2D eigenvalue weighted by Gasteiger charge is -2.31. The SMILES string of the molecule is NC(=O)C1CCCN(C(=O)CSc2ncc3ccccn23)C1. The number of pyridine rings is 1. The van der Waals surface area contributed by atoms with Gasteiger partial charge in [0.2, 0.25) is 11.8 Å². The number of fused-ring (bicyclic) bond motifs is 1. The van der Waals surface area contributed by atoms with Crippen LogP contribution in [0.5, 0.6) is 0 Å². The van der Waals surface area contributed by atoms with Crippen LogP contribution in [-0.2, 0) is 9.59 Å². The summed E-state index contributed by atoms with van der Waals surface area (Å²) in [6, 6.07) is 5.86. The fraction of sp³-hybridized carbons (Fsp3) is 0.400. The summed E-state index contributed by atoms with van der Waals surface area (Å²) < 4.78 is 1.96. The number of carbonyl (C=O) groups is 2. The molecule has 1 saturated heterocycles. The maximum Gasteiger partial charge on any atom is 0.233 e. The molecule has 2 N–H and O–H groups in total. The summed E-state index contributed by atoms with van der Waals surface area (Å²) in [5, 5.41) is 0.799. The van der Waals surface area contributed by atoms with Crippen molar-refractivity contribution in [3.8, 4) is 0 Å². The van der Waals surface area contributed by atoms with Crippen LogP contribution < -0.4 is 5.73 Å². The third-order valence-corrected chi connectivity index (χ3v) is 4.86. The quantitative estimate of drug-likeness (QED) is 0.858. The van der Waals surface area contributed by atoms with Crippen molar-refractivity contribution in [3.63, 3.8) is 0 Å². The minimum atomic E-state index is -0.315. The van der Waals surface area contributed by atoms with E-state index >= 15 is 0 Å². The molecule has 3 heterocycles. The van der Waals surface area contributed by atoms with Gasteiger partial charge >= 0.3 is 0 Å². The normalized spacial score (nSPS) is 18.5. The summed E-state index contributed by atoms with van der Waals surface area (Å²) in [6.07, 6.45) is 5.32. The molecule has 7 heteroatoms. The van der Waals surface area contributed by atoms with Crippen molar-refractivity contribution in [1.29, 1.82) is 0 Å². The van der Waals surface area contributed by atoms with Gasteiger partial charge < -0.3 is 10.6 Å². The van der Waals surface area contributed by atoms with Crippen molar-refractivity contribution in [2.45, 2.75) is 18.0 Å². The number of amides is 2. The number of hydrogen-bond acceptors (Lipinski definition) is 4. The summed E-state index contributed by atoms with van der Waals surface area (Å²) in [5.41, 5.74) is 6.35. The van der Waals surface area contributed by atoms with E-state index in [1.54, 1.807) is 11.1 Å². The molecule has 0 aliphatic carbocycles. The lowest BCUT2D eigenvalue weighted by molar-refractivity contribution is -0.132. The number of carbonyl (C=O) groups excluding carboxylic acids is 2. The molecular formula is C15H18N4O2S. The van der Waals surface area contributed by atoms with Crippen LogP contribution in [0.3, 0.4) is 0 Å². The molecule has 0 aromatic carbocycles. The molecule has 0 saturated carbocycles. The van der Waals surface area contributed by atoms with Gasteiger partial charge in [-0.2, -0.15) is 0 Å². The zero-order valence-electron chi connectivity index (χ0n) is 12.1. The van der Waals surface area contributed by atoms with Crippen molar-refractivity contribution in [1.82, 2.24) is 14.3 Å². The Morgan fingerprint density at radius 3 is 3.09 bits per heavy atom. The first-order chi connectivity index (χ1) is 10.6. The van der Waals surface area contributed by atoms with Crippen LogP contribution in [0, 0.1) is 5.92 Å². The highest BCUT2D eigenvalue weighted by molar-refractivity contribution is 7.99. The van der Waals surface area contributed by atoms with Crippen LogP contribution in [0.4, 0.5) is 0 Å². The average molecular weight is 318 g/mol. The van der Waals surface area contributed by atoms with Gasteiger partial charge in [0.1, 0.15) is 0 Å². The van der Waals surface area contributed by atoms with Crippen molar-refractivity contribution >= 4 is 29.1 Å². The lowest BCUT2D eigenvalue weighted by atomic mass is 9.97. The lowest BCUT2D eigenvalue weighted by Crippen LogP contribution is -2.44. The second-order valence-electron chi connectivity index (χ2n) is 5.41. The number of aromatic nitrogens is 2. The number of likely N-dealkylation sites (tertiary alicyclic amines) is 1. The van der Waals surface area contributed by atoms with E-state index in [9.17, 15) is 9.59 Å². The van der Waals surface area contributed by atoms with Gasteiger partial charge in [-0.3, -0.25) is 14.0 Å². The Bertz CT molecular complexity index is 700. The minimum Gasteiger partial charge on any atom is -0.369 e. The number of nitrogens with two attached hydrogens (primary N) is 1. The molecule has 1 fully saturated rings. The van der Waals surface area contributed by atoms with E-state index in [1.807, 2.05) is 28.8 Å². The van der Waals surface area contributed by atoms with Crippen LogP contribution >= 0.6 is 11.8 Å². The molecule has 3 rings (SSSR count). The third kappa shape index (κ3) is 3.09. The topological polar surface area (TPSA) is 80.7 Å². The highest BCUT2D eigenvalue weighted by atomic mass is 32.2. The van der Waals surface area contributed by atoms with E-state index in [-0.39, 0.29) is 17.7 Å². The Labute approximate surface area is 132 Å². The molecule has 2 aromatic rings. The molecule has 1 atom stereocenters. The monoisotopic (exact) mass is 318 g/mol. The van der Waals surface area contributed by atoms with Crippen molar-refractivity contribution < 1.29 is 9.59 Å². The first kappa shape index (κ1) is 14.9. The molecule has 6 nitrogen and oxygen atoms in total. The minimum absolute atomic E-state index is 0.0311. The van der Waals surface area contributed by atoms with Gasteiger partial charge in [0.25, 0.3) is 0 Å². The first-order valence-corrected chi connectivity index (χ1v) is 8.25.